The second-order valence-electron chi connectivity index (χ2n) is 4.32. The summed E-state index contributed by atoms with van der Waals surface area (Å²) < 4.78 is 0. The van der Waals surface area contributed by atoms with Gasteiger partial charge in [0.25, 0.3) is 5.69 Å². The molecule has 0 spiro atoms. The van der Waals surface area contributed by atoms with E-state index in [1.807, 2.05) is 17.8 Å². The van der Waals surface area contributed by atoms with Gasteiger partial charge in [0.2, 0.25) is 0 Å². The van der Waals surface area contributed by atoms with E-state index in [4.69, 9.17) is 5.26 Å². The molecular weight excluding hydrogens is 250 g/mol. The van der Waals surface area contributed by atoms with E-state index >= 15 is 0 Å². The van der Waals surface area contributed by atoms with Gasteiger partial charge in [-0.25, -0.2) is 0 Å². The minimum atomic E-state index is -0.450. The van der Waals surface area contributed by atoms with Crippen molar-refractivity contribution < 1.29 is 4.92 Å². The van der Waals surface area contributed by atoms with Crippen LogP contribution in [0, 0.1) is 21.4 Å². The molecular formula is C12H13N3O2S. The zero-order chi connectivity index (χ0) is 13.1. The molecule has 0 radical (unpaired) electrons. The molecule has 0 amide bonds. The van der Waals surface area contributed by atoms with Gasteiger partial charge >= 0.3 is 0 Å². The highest BCUT2D eigenvalue weighted by Crippen LogP contribution is 2.32. The number of nitro groups is 1. The highest BCUT2D eigenvalue weighted by atomic mass is 32.2. The Balaban J connectivity index is 2.22. The molecule has 1 aliphatic heterocycles. The molecule has 0 bridgehead atoms. The average molecular weight is 263 g/mol. The maximum Gasteiger partial charge on any atom is 0.293 e. The van der Waals surface area contributed by atoms with Gasteiger partial charge < -0.3 is 5.32 Å². The fourth-order valence-corrected chi connectivity index (χ4v) is 3.16. The van der Waals surface area contributed by atoms with Crippen molar-refractivity contribution in [2.45, 2.75) is 24.6 Å². The van der Waals surface area contributed by atoms with Gasteiger partial charge in [0.05, 0.1) is 16.6 Å². The SMILES string of the molecule is CC1CC(Nc2ccc(C#N)cc2[N+](=O)[O-])CS1. The summed E-state index contributed by atoms with van der Waals surface area (Å²) in [6.45, 7) is 2.15. The van der Waals surface area contributed by atoms with Crippen molar-refractivity contribution in [2.24, 2.45) is 0 Å². The van der Waals surface area contributed by atoms with Crippen molar-refractivity contribution in [1.82, 2.24) is 0 Å². The summed E-state index contributed by atoms with van der Waals surface area (Å²) in [5.74, 6) is 0.957. The van der Waals surface area contributed by atoms with Crippen LogP contribution in [0.15, 0.2) is 18.2 Å². The molecule has 6 heteroatoms. The average Bonchev–Trinajstić information content (AvgIpc) is 2.75. The van der Waals surface area contributed by atoms with Gasteiger partial charge in [-0.15, -0.1) is 0 Å². The van der Waals surface area contributed by atoms with Gasteiger partial charge in [-0.2, -0.15) is 17.0 Å². The number of rotatable bonds is 3. The standard InChI is InChI=1S/C12H13N3O2S/c1-8-4-10(7-18-8)14-11-3-2-9(6-13)5-12(11)15(16)17/h2-3,5,8,10,14H,4,7H2,1H3. The first-order valence-corrected chi connectivity index (χ1v) is 6.71. The summed E-state index contributed by atoms with van der Waals surface area (Å²) >= 11 is 1.86. The van der Waals surface area contributed by atoms with E-state index < -0.39 is 4.92 Å². The van der Waals surface area contributed by atoms with Crippen molar-refractivity contribution in [3.8, 4) is 6.07 Å². The quantitative estimate of drug-likeness (QED) is 0.670. The second-order valence-corrected chi connectivity index (χ2v) is 5.79. The fourth-order valence-electron chi connectivity index (χ4n) is 2.01. The summed E-state index contributed by atoms with van der Waals surface area (Å²) in [4.78, 5) is 10.5. The number of hydrogen-bond acceptors (Lipinski definition) is 5. The number of benzene rings is 1. The summed E-state index contributed by atoms with van der Waals surface area (Å²) in [7, 11) is 0. The van der Waals surface area contributed by atoms with Crippen molar-refractivity contribution in [3.05, 3.63) is 33.9 Å². The lowest BCUT2D eigenvalue weighted by Gasteiger charge is -2.13. The molecule has 1 heterocycles. The predicted molar refractivity (Wildman–Crippen MR) is 71.8 cm³/mol. The first-order valence-electron chi connectivity index (χ1n) is 5.67. The van der Waals surface area contributed by atoms with Gasteiger partial charge in [-0.05, 0) is 18.6 Å². The summed E-state index contributed by atoms with van der Waals surface area (Å²) in [5.41, 5.74) is 0.777. The highest BCUT2D eigenvalue weighted by molar-refractivity contribution is 8.00. The Morgan fingerprint density at radius 3 is 2.94 bits per heavy atom. The molecule has 1 aromatic carbocycles. The third-order valence-electron chi connectivity index (χ3n) is 2.88. The van der Waals surface area contributed by atoms with Gasteiger partial charge in [0, 0.05) is 23.1 Å². The Hall–Kier alpha value is -1.74. The second kappa shape index (κ2) is 5.27. The van der Waals surface area contributed by atoms with Crippen LogP contribution in [0.25, 0.3) is 0 Å². The Morgan fingerprint density at radius 1 is 1.61 bits per heavy atom. The van der Waals surface area contributed by atoms with Gasteiger partial charge in [-0.1, -0.05) is 6.92 Å². The van der Waals surface area contributed by atoms with Crippen LogP contribution in [0.1, 0.15) is 18.9 Å². The van der Waals surface area contributed by atoms with Crippen LogP contribution in [0.5, 0.6) is 0 Å². The maximum absolute atomic E-state index is 11.0. The molecule has 0 saturated carbocycles. The lowest BCUT2D eigenvalue weighted by Crippen LogP contribution is -2.19. The van der Waals surface area contributed by atoms with Crippen molar-refractivity contribution >= 4 is 23.1 Å². The van der Waals surface area contributed by atoms with E-state index in [1.54, 1.807) is 12.1 Å². The van der Waals surface area contributed by atoms with E-state index in [1.165, 1.54) is 6.07 Å². The first kappa shape index (κ1) is 12.7. The minimum absolute atomic E-state index is 0.0291. The summed E-state index contributed by atoms with van der Waals surface area (Å²) in [6.07, 6.45) is 1.00. The Kier molecular flexibility index (Phi) is 3.72. The van der Waals surface area contributed by atoms with E-state index in [0.29, 0.717) is 16.5 Å². The molecule has 94 valence electrons. The molecule has 5 nitrogen and oxygen atoms in total. The number of nitro benzene ring substituents is 1. The fraction of sp³-hybridized carbons (Fsp3) is 0.417. The molecule has 1 fully saturated rings. The van der Waals surface area contributed by atoms with Crippen LogP contribution in [0.2, 0.25) is 0 Å². The molecule has 0 aliphatic carbocycles. The van der Waals surface area contributed by atoms with Crippen molar-refractivity contribution in [3.63, 3.8) is 0 Å². The zero-order valence-electron chi connectivity index (χ0n) is 9.92. The number of nitriles is 1. The Morgan fingerprint density at radius 2 is 2.39 bits per heavy atom. The minimum Gasteiger partial charge on any atom is -0.376 e. The third-order valence-corrected chi connectivity index (χ3v) is 4.24. The molecule has 2 rings (SSSR count). The van der Waals surface area contributed by atoms with E-state index in [2.05, 4.69) is 12.2 Å². The highest BCUT2D eigenvalue weighted by Gasteiger charge is 2.24. The van der Waals surface area contributed by atoms with Gasteiger partial charge in [0.15, 0.2) is 0 Å². The third kappa shape index (κ3) is 2.74. The molecule has 1 aliphatic rings. The lowest BCUT2D eigenvalue weighted by atomic mass is 10.1. The first-order chi connectivity index (χ1) is 8.60. The van der Waals surface area contributed by atoms with Crippen LogP contribution in [0.3, 0.4) is 0 Å². The smallest absolute Gasteiger partial charge is 0.293 e. The summed E-state index contributed by atoms with van der Waals surface area (Å²) in [5, 5.41) is 23.5. The van der Waals surface area contributed by atoms with Crippen LogP contribution in [-0.4, -0.2) is 22.0 Å². The lowest BCUT2D eigenvalue weighted by molar-refractivity contribution is -0.384. The van der Waals surface area contributed by atoms with E-state index in [-0.39, 0.29) is 11.7 Å². The van der Waals surface area contributed by atoms with E-state index in [9.17, 15) is 10.1 Å². The summed E-state index contributed by atoms with van der Waals surface area (Å²) in [6, 6.07) is 6.70. The molecule has 2 atom stereocenters. The van der Waals surface area contributed by atoms with Crippen LogP contribution in [-0.2, 0) is 0 Å². The number of hydrogen-bond donors (Lipinski definition) is 1. The van der Waals surface area contributed by atoms with Crippen LogP contribution < -0.4 is 5.32 Å². The molecule has 1 aromatic rings. The predicted octanol–water partition coefficient (Wildman–Crippen LogP) is 2.77. The van der Waals surface area contributed by atoms with E-state index in [0.717, 1.165) is 12.2 Å². The topological polar surface area (TPSA) is 79.0 Å². The molecule has 1 N–H and O–H groups in total. The molecule has 1 saturated heterocycles. The van der Waals surface area contributed by atoms with Crippen LogP contribution >= 0.6 is 11.8 Å². The number of nitrogens with zero attached hydrogens (tertiary/aromatic N) is 2. The maximum atomic E-state index is 11.0. The molecule has 18 heavy (non-hydrogen) atoms. The Bertz CT molecular complexity index is 513. The number of anilines is 1. The molecule has 2 unspecified atom stereocenters. The van der Waals surface area contributed by atoms with Crippen LogP contribution in [0.4, 0.5) is 11.4 Å². The Labute approximate surface area is 109 Å². The van der Waals surface area contributed by atoms with Crippen molar-refractivity contribution in [2.75, 3.05) is 11.1 Å². The number of thioether (sulfide) groups is 1. The number of nitrogens with one attached hydrogen (secondary N) is 1. The monoisotopic (exact) mass is 263 g/mol. The largest absolute Gasteiger partial charge is 0.376 e. The molecule has 0 aromatic heterocycles. The normalized spacial score (nSPS) is 22.4. The zero-order valence-corrected chi connectivity index (χ0v) is 10.7. The van der Waals surface area contributed by atoms with Gasteiger partial charge in [-0.3, -0.25) is 10.1 Å². The van der Waals surface area contributed by atoms with Crippen molar-refractivity contribution in [1.29, 1.82) is 5.26 Å². The van der Waals surface area contributed by atoms with Gasteiger partial charge in [0.1, 0.15) is 5.69 Å².